The van der Waals surface area contributed by atoms with Gasteiger partial charge in [-0.1, -0.05) is 23.7 Å². The Balaban J connectivity index is 1.99. The van der Waals surface area contributed by atoms with Crippen LogP contribution >= 0.6 is 11.6 Å². The van der Waals surface area contributed by atoms with E-state index in [1.54, 1.807) is 24.4 Å². The van der Waals surface area contributed by atoms with Crippen molar-refractivity contribution >= 4 is 40.4 Å². The molecule has 2 aromatic heterocycles. The summed E-state index contributed by atoms with van der Waals surface area (Å²) >= 11 is 6.01. The van der Waals surface area contributed by atoms with Crippen LogP contribution in [0, 0.1) is 24.0 Å². The van der Waals surface area contributed by atoms with Gasteiger partial charge in [-0.05, 0) is 43.2 Å². The first-order valence-corrected chi connectivity index (χ1v) is 8.04. The number of halogens is 1. The van der Waals surface area contributed by atoms with Crippen molar-refractivity contribution in [3.8, 4) is 0 Å². The maximum absolute atomic E-state index is 11.6. The van der Waals surface area contributed by atoms with Crippen LogP contribution in [-0.4, -0.2) is 19.9 Å². The summed E-state index contributed by atoms with van der Waals surface area (Å²) in [7, 11) is 0. The van der Waals surface area contributed by atoms with Crippen molar-refractivity contribution in [2.75, 3.05) is 10.6 Å². The van der Waals surface area contributed by atoms with Gasteiger partial charge in [0.25, 0.3) is 0 Å². The SMILES string of the molecule is Cc1ccc(Nc2ncnc(Nc3cc(Cl)ccc3C)c2[N+](=O)[O-])nc1. The number of pyridine rings is 1. The highest BCUT2D eigenvalue weighted by molar-refractivity contribution is 6.30. The van der Waals surface area contributed by atoms with Crippen LogP contribution in [0.1, 0.15) is 11.1 Å². The normalized spacial score (nSPS) is 10.4. The fraction of sp³-hybridized carbons (Fsp3) is 0.118. The number of aryl methyl sites for hydroxylation is 2. The molecule has 0 spiro atoms. The molecule has 1 aromatic carbocycles. The monoisotopic (exact) mass is 370 g/mol. The Labute approximate surface area is 154 Å². The molecule has 26 heavy (non-hydrogen) atoms. The molecule has 0 saturated heterocycles. The van der Waals surface area contributed by atoms with E-state index in [0.29, 0.717) is 16.5 Å². The average molecular weight is 371 g/mol. The number of aromatic nitrogens is 3. The van der Waals surface area contributed by atoms with E-state index in [2.05, 4.69) is 25.6 Å². The van der Waals surface area contributed by atoms with Gasteiger partial charge in [0.05, 0.1) is 4.92 Å². The van der Waals surface area contributed by atoms with Crippen LogP contribution in [0.5, 0.6) is 0 Å². The van der Waals surface area contributed by atoms with Gasteiger partial charge in [0, 0.05) is 16.9 Å². The van der Waals surface area contributed by atoms with Crippen molar-refractivity contribution in [1.82, 2.24) is 15.0 Å². The van der Waals surface area contributed by atoms with Crippen LogP contribution in [0.4, 0.5) is 28.8 Å². The number of nitrogens with one attached hydrogen (secondary N) is 2. The summed E-state index contributed by atoms with van der Waals surface area (Å²) in [5, 5.41) is 18.0. The summed E-state index contributed by atoms with van der Waals surface area (Å²) in [6.45, 7) is 3.76. The van der Waals surface area contributed by atoms with E-state index in [4.69, 9.17) is 11.6 Å². The largest absolute Gasteiger partial charge is 0.353 e. The summed E-state index contributed by atoms with van der Waals surface area (Å²) in [5.74, 6) is 0.552. The van der Waals surface area contributed by atoms with Crippen LogP contribution in [-0.2, 0) is 0 Å². The first-order valence-electron chi connectivity index (χ1n) is 7.66. The smallest absolute Gasteiger partial charge is 0.334 e. The molecule has 3 rings (SSSR count). The third kappa shape index (κ3) is 3.86. The summed E-state index contributed by atoms with van der Waals surface area (Å²) in [5.41, 5.74) is 2.19. The van der Waals surface area contributed by atoms with Gasteiger partial charge in [-0.2, -0.15) is 0 Å². The second-order valence-corrected chi connectivity index (χ2v) is 6.04. The van der Waals surface area contributed by atoms with E-state index in [1.807, 2.05) is 26.0 Å². The number of hydrogen-bond donors (Lipinski definition) is 2. The lowest BCUT2D eigenvalue weighted by Crippen LogP contribution is -2.06. The lowest BCUT2D eigenvalue weighted by Gasteiger charge is -2.11. The highest BCUT2D eigenvalue weighted by Gasteiger charge is 2.24. The van der Waals surface area contributed by atoms with E-state index >= 15 is 0 Å². The topological polar surface area (TPSA) is 106 Å². The van der Waals surface area contributed by atoms with Gasteiger partial charge >= 0.3 is 5.69 Å². The molecule has 0 bridgehead atoms. The Kier molecular flexibility index (Phi) is 4.94. The molecule has 2 heterocycles. The van der Waals surface area contributed by atoms with Crippen molar-refractivity contribution < 1.29 is 4.92 Å². The Morgan fingerprint density at radius 2 is 1.77 bits per heavy atom. The quantitative estimate of drug-likeness (QED) is 0.501. The van der Waals surface area contributed by atoms with E-state index < -0.39 is 4.92 Å². The van der Waals surface area contributed by atoms with Crippen molar-refractivity contribution in [2.45, 2.75) is 13.8 Å². The maximum Gasteiger partial charge on any atom is 0.353 e. The molecule has 132 valence electrons. The third-order valence-corrected chi connectivity index (χ3v) is 3.85. The third-order valence-electron chi connectivity index (χ3n) is 3.62. The zero-order valence-corrected chi connectivity index (χ0v) is 14.8. The fourth-order valence-electron chi connectivity index (χ4n) is 2.25. The Bertz CT molecular complexity index is 962. The Morgan fingerprint density at radius 3 is 2.42 bits per heavy atom. The molecule has 0 aliphatic carbocycles. The number of nitrogens with zero attached hydrogens (tertiary/aromatic N) is 4. The zero-order chi connectivity index (χ0) is 18.7. The molecule has 0 aliphatic heterocycles. The van der Waals surface area contributed by atoms with E-state index in [0.717, 1.165) is 11.1 Å². The molecule has 0 radical (unpaired) electrons. The molecule has 0 amide bonds. The second-order valence-electron chi connectivity index (χ2n) is 5.61. The number of nitro groups is 1. The predicted octanol–water partition coefficient (Wildman–Crippen LogP) is 4.54. The average Bonchev–Trinajstić information content (AvgIpc) is 2.60. The molecule has 0 fully saturated rings. The fourth-order valence-corrected chi connectivity index (χ4v) is 2.43. The van der Waals surface area contributed by atoms with Gasteiger partial charge in [-0.25, -0.2) is 15.0 Å². The lowest BCUT2D eigenvalue weighted by atomic mass is 10.2. The van der Waals surface area contributed by atoms with Gasteiger partial charge in [-0.3, -0.25) is 10.1 Å². The number of benzene rings is 1. The number of rotatable bonds is 5. The van der Waals surface area contributed by atoms with Gasteiger partial charge < -0.3 is 10.6 Å². The number of hydrogen-bond acceptors (Lipinski definition) is 7. The summed E-state index contributed by atoms with van der Waals surface area (Å²) in [4.78, 5) is 23.3. The molecular formula is C17H15ClN6O2. The van der Waals surface area contributed by atoms with Crippen molar-refractivity contribution in [2.24, 2.45) is 0 Å². The predicted molar refractivity (Wildman–Crippen MR) is 100 cm³/mol. The molecule has 0 unspecified atom stereocenters. The first kappa shape index (κ1) is 17.6. The van der Waals surface area contributed by atoms with Crippen LogP contribution in [0.25, 0.3) is 0 Å². The lowest BCUT2D eigenvalue weighted by molar-refractivity contribution is -0.383. The van der Waals surface area contributed by atoms with Gasteiger partial charge in [0.2, 0.25) is 11.6 Å². The molecule has 0 atom stereocenters. The zero-order valence-electron chi connectivity index (χ0n) is 14.0. The van der Waals surface area contributed by atoms with E-state index in [-0.39, 0.29) is 17.3 Å². The van der Waals surface area contributed by atoms with Gasteiger partial charge in [0.1, 0.15) is 12.1 Å². The standard InChI is InChI=1S/C17H15ClN6O2/c1-10-3-6-14(19-8-10)23-17-15(24(25)26)16(20-9-21-17)22-13-7-12(18)5-4-11(13)2/h3-9H,1-2H3,(H2,19,20,21,22,23). The number of anilines is 4. The molecule has 8 nitrogen and oxygen atoms in total. The summed E-state index contributed by atoms with van der Waals surface area (Å²) in [6, 6.07) is 8.79. The van der Waals surface area contributed by atoms with E-state index in [1.165, 1.54) is 6.33 Å². The minimum Gasteiger partial charge on any atom is -0.334 e. The van der Waals surface area contributed by atoms with Gasteiger partial charge in [-0.15, -0.1) is 0 Å². The Hall–Kier alpha value is -3.26. The van der Waals surface area contributed by atoms with E-state index in [9.17, 15) is 10.1 Å². The van der Waals surface area contributed by atoms with Crippen molar-refractivity contribution in [3.05, 3.63) is 69.1 Å². The summed E-state index contributed by atoms with van der Waals surface area (Å²) < 4.78 is 0. The minimum absolute atomic E-state index is 0.0449. The molecule has 0 saturated carbocycles. The minimum atomic E-state index is -0.543. The van der Waals surface area contributed by atoms with Crippen LogP contribution in [0.3, 0.4) is 0 Å². The maximum atomic E-state index is 11.6. The molecule has 9 heteroatoms. The molecule has 2 N–H and O–H groups in total. The molecular weight excluding hydrogens is 356 g/mol. The van der Waals surface area contributed by atoms with Crippen LogP contribution in [0.2, 0.25) is 5.02 Å². The van der Waals surface area contributed by atoms with Gasteiger partial charge in [0.15, 0.2) is 0 Å². The highest BCUT2D eigenvalue weighted by Crippen LogP contribution is 2.33. The van der Waals surface area contributed by atoms with Crippen LogP contribution < -0.4 is 10.6 Å². The van der Waals surface area contributed by atoms with Crippen molar-refractivity contribution in [3.63, 3.8) is 0 Å². The summed E-state index contributed by atoms with van der Waals surface area (Å²) in [6.07, 6.45) is 2.90. The molecule has 3 aromatic rings. The Morgan fingerprint density at radius 1 is 1.04 bits per heavy atom. The van der Waals surface area contributed by atoms with Crippen molar-refractivity contribution in [1.29, 1.82) is 0 Å². The second kappa shape index (κ2) is 7.32. The first-order chi connectivity index (χ1) is 12.4. The highest BCUT2D eigenvalue weighted by atomic mass is 35.5. The molecule has 0 aliphatic rings. The van der Waals surface area contributed by atoms with Crippen LogP contribution in [0.15, 0.2) is 42.9 Å².